The van der Waals surface area contributed by atoms with Crippen LogP contribution in [0.1, 0.15) is 46.6 Å². The number of hydrogen-bond acceptors (Lipinski definition) is 4. The topological polar surface area (TPSA) is 56.8 Å². The van der Waals surface area contributed by atoms with Gasteiger partial charge in [0.15, 0.2) is 6.10 Å². The summed E-state index contributed by atoms with van der Waals surface area (Å²) in [5.74, 6) is 2.06. The second-order valence-corrected chi connectivity index (χ2v) is 8.19. The van der Waals surface area contributed by atoms with E-state index in [4.69, 9.17) is 14.2 Å². The molecule has 0 heterocycles. The van der Waals surface area contributed by atoms with Crippen LogP contribution >= 0.6 is 0 Å². The summed E-state index contributed by atoms with van der Waals surface area (Å²) < 4.78 is 16.8. The summed E-state index contributed by atoms with van der Waals surface area (Å²) in [6.45, 7) is 10.7. The second-order valence-electron chi connectivity index (χ2n) is 8.19. The van der Waals surface area contributed by atoms with E-state index in [1.165, 1.54) is 5.56 Å². The van der Waals surface area contributed by atoms with Gasteiger partial charge in [-0.25, -0.2) is 0 Å². The van der Waals surface area contributed by atoms with Gasteiger partial charge in [0.25, 0.3) is 5.91 Å². The number of rotatable bonds is 9. The van der Waals surface area contributed by atoms with E-state index in [2.05, 4.69) is 26.1 Å². The van der Waals surface area contributed by atoms with Crippen molar-refractivity contribution in [3.05, 3.63) is 54.1 Å². The fourth-order valence-electron chi connectivity index (χ4n) is 2.79. The molecule has 1 N–H and O–H groups in total. The Morgan fingerprint density at radius 3 is 2.03 bits per heavy atom. The Hall–Kier alpha value is -2.69. The normalized spacial score (nSPS) is 13.3. The summed E-state index contributed by atoms with van der Waals surface area (Å²) in [5.41, 5.74) is 1.31. The summed E-state index contributed by atoms with van der Waals surface area (Å²) in [5, 5.41) is 2.97. The lowest BCUT2D eigenvalue weighted by Gasteiger charge is -2.22. The van der Waals surface area contributed by atoms with Crippen LogP contribution in [-0.2, 0) is 10.2 Å². The zero-order valence-corrected chi connectivity index (χ0v) is 18.3. The first kappa shape index (κ1) is 22.6. The lowest BCUT2D eigenvalue weighted by molar-refractivity contribution is -0.128. The fourth-order valence-corrected chi connectivity index (χ4v) is 2.79. The van der Waals surface area contributed by atoms with Gasteiger partial charge in [0.2, 0.25) is 0 Å². The van der Waals surface area contributed by atoms with Crippen LogP contribution in [0.25, 0.3) is 0 Å². The van der Waals surface area contributed by atoms with E-state index in [0.29, 0.717) is 18.8 Å². The minimum Gasteiger partial charge on any atom is -0.497 e. The molecule has 2 unspecified atom stereocenters. The van der Waals surface area contributed by atoms with Crippen molar-refractivity contribution >= 4 is 5.91 Å². The van der Waals surface area contributed by atoms with Gasteiger partial charge in [-0.15, -0.1) is 0 Å². The van der Waals surface area contributed by atoms with Crippen LogP contribution in [0.2, 0.25) is 0 Å². The standard InChI is InChI=1S/C24H33NO4/c1-7-22(29-21-10-8-18(9-11-21)24(3,4)5)23(26)25-17(2)16-28-20-14-12-19(27-6)13-15-20/h8-15,17,22H,7,16H2,1-6H3,(H,25,26). The molecule has 2 atom stereocenters. The van der Waals surface area contributed by atoms with Gasteiger partial charge in [0.1, 0.15) is 23.9 Å². The minimum atomic E-state index is -0.543. The van der Waals surface area contributed by atoms with E-state index >= 15 is 0 Å². The van der Waals surface area contributed by atoms with Gasteiger partial charge in [-0.3, -0.25) is 4.79 Å². The summed E-state index contributed by atoms with van der Waals surface area (Å²) in [7, 11) is 1.62. The van der Waals surface area contributed by atoms with Crippen LogP contribution < -0.4 is 19.5 Å². The molecular weight excluding hydrogens is 366 g/mol. The molecule has 29 heavy (non-hydrogen) atoms. The molecule has 0 fully saturated rings. The molecule has 0 aliphatic carbocycles. The minimum absolute atomic E-state index is 0.0827. The average molecular weight is 400 g/mol. The zero-order valence-electron chi connectivity index (χ0n) is 18.3. The van der Waals surface area contributed by atoms with Crippen molar-refractivity contribution in [1.29, 1.82) is 0 Å². The Bertz CT molecular complexity index is 763. The van der Waals surface area contributed by atoms with Crippen LogP contribution in [0.15, 0.2) is 48.5 Å². The van der Waals surface area contributed by atoms with Gasteiger partial charge in [-0.1, -0.05) is 39.8 Å². The van der Waals surface area contributed by atoms with Crippen LogP contribution in [0.4, 0.5) is 0 Å². The molecular formula is C24H33NO4. The lowest BCUT2D eigenvalue weighted by atomic mass is 9.87. The average Bonchev–Trinajstić information content (AvgIpc) is 2.70. The first-order chi connectivity index (χ1) is 13.7. The third-order valence-electron chi connectivity index (χ3n) is 4.61. The van der Waals surface area contributed by atoms with Gasteiger partial charge < -0.3 is 19.5 Å². The third-order valence-corrected chi connectivity index (χ3v) is 4.61. The summed E-state index contributed by atoms with van der Waals surface area (Å²) in [4.78, 5) is 12.6. The summed E-state index contributed by atoms with van der Waals surface area (Å²) in [6, 6.07) is 15.1. The fraction of sp³-hybridized carbons (Fsp3) is 0.458. The maximum atomic E-state index is 12.6. The molecule has 0 bridgehead atoms. The molecule has 158 valence electrons. The lowest BCUT2D eigenvalue weighted by Crippen LogP contribution is -2.44. The van der Waals surface area contributed by atoms with Crippen molar-refractivity contribution in [2.75, 3.05) is 13.7 Å². The molecule has 0 saturated carbocycles. The van der Waals surface area contributed by atoms with E-state index in [-0.39, 0.29) is 17.4 Å². The molecule has 2 aromatic rings. The maximum absolute atomic E-state index is 12.6. The van der Waals surface area contributed by atoms with Crippen LogP contribution in [0, 0.1) is 0 Å². The van der Waals surface area contributed by atoms with Crippen molar-refractivity contribution in [1.82, 2.24) is 5.32 Å². The van der Waals surface area contributed by atoms with E-state index in [1.54, 1.807) is 7.11 Å². The van der Waals surface area contributed by atoms with Crippen molar-refractivity contribution < 1.29 is 19.0 Å². The van der Waals surface area contributed by atoms with Gasteiger partial charge in [-0.2, -0.15) is 0 Å². The molecule has 0 aliphatic rings. The number of carbonyl (C=O) groups is 1. The summed E-state index contributed by atoms with van der Waals surface area (Å²) >= 11 is 0. The number of nitrogens with one attached hydrogen (secondary N) is 1. The SMILES string of the molecule is CCC(Oc1ccc(C(C)(C)C)cc1)C(=O)NC(C)COc1ccc(OC)cc1. The molecule has 0 radical (unpaired) electrons. The first-order valence-corrected chi connectivity index (χ1v) is 10.1. The molecule has 5 nitrogen and oxygen atoms in total. The number of hydrogen-bond donors (Lipinski definition) is 1. The van der Waals surface area contributed by atoms with E-state index in [1.807, 2.05) is 62.4 Å². The largest absolute Gasteiger partial charge is 0.497 e. The highest BCUT2D eigenvalue weighted by atomic mass is 16.5. The Labute approximate surface area is 174 Å². The third kappa shape index (κ3) is 7.00. The predicted octanol–water partition coefficient (Wildman–Crippen LogP) is 4.73. The highest BCUT2D eigenvalue weighted by Crippen LogP contribution is 2.25. The second kappa shape index (κ2) is 10.2. The molecule has 0 aromatic heterocycles. The van der Waals surface area contributed by atoms with E-state index < -0.39 is 6.10 Å². The number of amides is 1. The monoisotopic (exact) mass is 399 g/mol. The van der Waals surface area contributed by atoms with E-state index in [0.717, 1.165) is 11.5 Å². The van der Waals surface area contributed by atoms with Gasteiger partial charge >= 0.3 is 0 Å². The van der Waals surface area contributed by atoms with Crippen LogP contribution in [0.5, 0.6) is 17.2 Å². The van der Waals surface area contributed by atoms with Crippen molar-refractivity contribution in [2.24, 2.45) is 0 Å². The molecule has 0 spiro atoms. The Morgan fingerprint density at radius 1 is 0.966 bits per heavy atom. The van der Waals surface area contributed by atoms with Crippen LogP contribution in [-0.4, -0.2) is 31.8 Å². The Kier molecular flexibility index (Phi) is 7.94. The molecule has 0 aliphatic heterocycles. The van der Waals surface area contributed by atoms with Gasteiger partial charge in [-0.05, 0) is 60.7 Å². The number of ether oxygens (including phenoxy) is 3. The highest BCUT2D eigenvalue weighted by molar-refractivity contribution is 5.81. The molecule has 2 rings (SSSR count). The number of benzene rings is 2. The Balaban J connectivity index is 1.86. The highest BCUT2D eigenvalue weighted by Gasteiger charge is 2.21. The van der Waals surface area contributed by atoms with Crippen molar-refractivity contribution in [2.45, 2.75) is 58.6 Å². The molecule has 2 aromatic carbocycles. The number of carbonyl (C=O) groups excluding carboxylic acids is 1. The quantitative estimate of drug-likeness (QED) is 0.662. The van der Waals surface area contributed by atoms with Crippen molar-refractivity contribution in [3.63, 3.8) is 0 Å². The van der Waals surface area contributed by atoms with Gasteiger partial charge in [0.05, 0.1) is 13.2 Å². The predicted molar refractivity (Wildman–Crippen MR) is 116 cm³/mol. The smallest absolute Gasteiger partial charge is 0.261 e. The maximum Gasteiger partial charge on any atom is 0.261 e. The molecule has 1 amide bonds. The molecule has 0 saturated heterocycles. The Morgan fingerprint density at radius 2 is 1.52 bits per heavy atom. The number of methoxy groups -OCH3 is 1. The van der Waals surface area contributed by atoms with Crippen molar-refractivity contribution in [3.8, 4) is 17.2 Å². The molecule has 5 heteroatoms. The zero-order chi connectivity index (χ0) is 21.4. The van der Waals surface area contributed by atoms with Crippen LogP contribution in [0.3, 0.4) is 0 Å². The first-order valence-electron chi connectivity index (χ1n) is 10.1. The van der Waals surface area contributed by atoms with Gasteiger partial charge in [0, 0.05) is 0 Å². The summed E-state index contributed by atoms with van der Waals surface area (Å²) in [6.07, 6.45) is 0.0396. The van der Waals surface area contributed by atoms with E-state index in [9.17, 15) is 4.79 Å².